The van der Waals surface area contributed by atoms with Gasteiger partial charge in [0.1, 0.15) is 0 Å². The highest BCUT2D eigenvalue weighted by atomic mass is 16.1. The molecule has 0 atom stereocenters. The van der Waals surface area contributed by atoms with Gasteiger partial charge < -0.3 is 5.32 Å². The van der Waals surface area contributed by atoms with E-state index in [1.807, 2.05) is 0 Å². The molecule has 1 aromatic heterocycles. The van der Waals surface area contributed by atoms with Gasteiger partial charge in [0.15, 0.2) is 5.82 Å². The summed E-state index contributed by atoms with van der Waals surface area (Å²) in [7, 11) is 0. The molecule has 16 heavy (non-hydrogen) atoms. The van der Waals surface area contributed by atoms with Crippen LogP contribution in [0.15, 0.2) is 22.6 Å². The summed E-state index contributed by atoms with van der Waals surface area (Å²) in [6.45, 7) is 0.809. The lowest BCUT2D eigenvalue weighted by molar-refractivity contribution is 0.679. The number of allylic oxidation sites excluding steroid dienone is 1. The zero-order valence-corrected chi connectivity index (χ0v) is 9.20. The summed E-state index contributed by atoms with van der Waals surface area (Å²) in [6, 6.07) is 0. The van der Waals surface area contributed by atoms with E-state index in [4.69, 9.17) is 0 Å². The standard InChI is InChI=1S/C11H16N4O/c16-11-14-10(8-13-15-11)12-7-6-9-4-2-1-3-5-9/h4,8H,1-3,5-7H2,(H2,12,14,15,16). The van der Waals surface area contributed by atoms with Crippen LogP contribution >= 0.6 is 0 Å². The molecule has 0 radical (unpaired) electrons. The maximum atomic E-state index is 10.9. The summed E-state index contributed by atoms with van der Waals surface area (Å²) in [6.07, 6.45) is 9.91. The van der Waals surface area contributed by atoms with E-state index in [9.17, 15) is 4.79 Å². The minimum atomic E-state index is -0.415. The first-order valence-electron chi connectivity index (χ1n) is 5.68. The summed E-state index contributed by atoms with van der Waals surface area (Å²) in [5.74, 6) is 0.542. The Morgan fingerprint density at radius 3 is 3.12 bits per heavy atom. The number of nitrogens with one attached hydrogen (secondary N) is 2. The molecule has 0 aromatic carbocycles. The molecule has 0 spiro atoms. The first-order valence-corrected chi connectivity index (χ1v) is 5.68. The molecule has 2 rings (SSSR count). The SMILES string of the molecule is O=c1nc(NCCC2=CCCCC2)cn[nH]1. The minimum Gasteiger partial charge on any atom is -0.368 e. The maximum Gasteiger partial charge on any atom is 0.363 e. The Labute approximate surface area is 94.0 Å². The highest BCUT2D eigenvalue weighted by Gasteiger charge is 2.03. The Morgan fingerprint density at radius 2 is 2.38 bits per heavy atom. The van der Waals surface area contributed by atoms with Gasteiger partial charge in [-0.15, -0.1) is 0 Å². The molecule has 5 nitrogen and oxygen atoms in total. The topological polar surface area (TPSA) is 70.7 Å². The van der Waals surface area contributed by atoms with Crippen molar-refractivity contribution in [1.29, 1.82) is 0 Å². The Morgan fingerprint density at radius 1 is 1.44 bits per heavy atom. The molecule has 0 saturated heterocycles. The molecule has 0 fully saturated rings. The lowest BCUT2D eigenvalue weighted by Gasteiger charge is -2.12. The van der Waals surface area contributed by atoms with Crippen LogP contribution in [0, 0.1) is 0 Å². The number of H-pyrrole nitrogens is 1. The largest absolute Gasteiger partial charge is 0.368 e. The van der Waals surface area contributed by atoms with Crippen LogP contribution in [0.4, 0.5) is 5.82 Å². The molecule has 1 aromatic rings. The molecule has 86 valence electrons. The van der Waals surface area contributed by atoms with Gasteiger partial charge in [0.05, 0.1) is 6.20 Å². The van der Waals surface area contributed by atoms with Gasteiger partial charge in [-0.1, -0.05) is 11.6 Å². The summed E-state index contributed by atoms with van der Waals surface area (Å²) >= 11 is 0. The third kappa shape index (κ3) is 3.18. The number of rotatable bonds is 4. The van der Waals surface area contributed by atoms with Crippen molar-refractivity contribution in [2.45, 2.75) is 32.1 Å². The molecule has 0 aliphatic heterocycles. The van der Waals surface area contributed by atoms with Crippen LogP contribution in [-0.2, 0) is 0 Å². The molecular formula is C11H16N4O. The smallest absolute Gasteiger partial charge is 0.363 e. The fraction of sp³-hybridized carbons (Fsp3) is 0.545. The lowest BCUT2D eigenvalue weighted by Crippen LogP contribution is -2.15. The van der Waals surface area contributed by atoms with Crippen molar-refractivity contribution in [3.8, 4) is 0 Å². The number of hydrogen-bond acceptors (Lipinski definition) is 4. The molecule has 1 aliphatic carbocycles. The second-order valence-electron chi connectivity index (χ2n) is 3.96. The van der Waals surface area contributed by atoms with E-state index < -0.39 is 5.69 Å². The van der Waals surface area contributed by atoms with Crippen LogP contribution < -0.4 is 11.0 Å². The monoisotopic (exact) mass is 220 g/mol. The van der Waals surface area contributed by atoms with Gasteiger partial charge in [-0.05, 0) is 32.1 Å². The molecule has 1 aliphatic rings. The fourth-order valence-corrected chi connectivity index (χ4v) is 1.88. The maximum absolute atomic E-state index is 10.9. The number of aromatic amines is 1. The predicted octanol–water partition coefficient (Wildman–Crippen LogP) is 1.47. The molecule has 0 amide bonds. The Balaban J connectivity index is 1.79. The van der Waals surface area contributed by atoms with Crippen LogP contribution in [0.2, 0.25) is 0 Å². The average Bonchev–Trinajstić information content (AvgIpc) is 2.30. The van der Waals surface area contributed by atoms with Crippen molar-refractivity contribution >= 4 is 5.82 Å². The quantitative estimate of drug-likeness (QED) is 0.754. The van der Waals surface area contributed by atoms with Crippen LogP contribution in [-0.4, -0.2) is 21.7 Å². The number of nitrogens with zero attached hydrogens (tertiary/aromatic N) is 2. The van der Waals surface area contributed by atoms with Crippen molar-refractivity contribution in [1.82, 2.24) is 15.2 Å². The molecule has 5 heteroatoms. The van der Waals surface area contributed by atoms with Gasteiger partial charge >= 0.3 is 5.69 Å². The molecular weight excluding hydrogens is 204 g/mol. The summed E-state index contributed by atoms with van der Waals surface area (Å²) < 4.78 is 0. The third-order valence-electron chi connectivity index (χ3n) is 2.71. The highest BCUT2D eigenvalue weighted by molar-refractivity contribution is 5.29. The van der Waals surface area contributed by atoms with Crippen molar-refractivity contribution in [3.63, 3.8) is 0 Å². The van der Waals surface area contributed by atoms with Crippen LogP contribution in [0.3, 0.4) is 0 Å². The van der Waals surface area contributed by atoms with E-state index in [-0.39, 0.29) is 0 Å². The third-order valence-corrected chi connectivity index (χ3v) is 2.71. The second-order valence-corrected chi connectivity index (χ2v) is 3.96. The van der Waals surface area contributed by atoms with Gasteiger partial charge in [-0.2, -0.15) is 10.1 Å². The summed E-state index contributed by atoms with van der Waals surface area (Å²) in [4.78, 5) is 14.6. The van der Waals surface area contributed by atoms with Crippen molar-refractivity contribution in [2.24, 2.45) is 0 Å². The molecule has 1 heterocycles. The predicted molar refractivity (Wildman–Crippen MR) is 62.3 cm³/mol. The van der Waals surface area contributed by atoms with E-state index in [0.717, 1.165) is 13.0 Å². The highest BCUT2D eigenvalue weighted by Crippen LogP contribution is 2.19. The van der Waals surface area contributed by atoms with Crippen molar-refractivity contribution in [3.05, 3.63) is 28.3 Å². The second kappa shape index (κ2) is 5.44. The van der Waals surface area contributed by atoms with E-state index in [1.165, 1.54) is 37.5 Å². The molecule has 0 saturated carbocycles. The number of aromatic nitrogens is 3. The zero-order valence-electron chi connectivity index (χ0n) is 9.20. The Kier molecular flexibility index (Phi) is 3.69. The van der Waals surface area contributed by atoms with Gasteiger partial charge in [-0.3, -0.25) is 0 Å². The first kappa shape index (κ1) is 10.9. The van der Waals surface area contributed by atoms with E-state index in [2.05, 4.69) is 26.6 Å². The zero-order chi connectivity index (χ0) is 11.2. The molecule has 2 N–H and O–H groups in total. The lowest BCUT2D eigenvalue weighted by atomic mass is 9.97. The van der Waals surface area contributed by atoms with E-state index in [1.54, 1.807) is 0 Å². The molecule has 0 bridgehead atoms. The van der Waals surface area contributed by atoms with E-state index >= 15 is 0 Å². The normalized spacial score (nSPS) is 15.6. The van der Waals surface area contributed by atoms with Crippen molar-refractivity contribution < 1.29 is 0 Å². The fourth-order valence-electron chi connectivity index (χ4n) is 1.88. The number of anilines is 1. The summed E-state index contributed by atoms with van der Waals surface area (Å²) in [5.41, 5.74) is 1.10. The Hall–Kier alpha value is -1.65. The average molecular weight is 220 g/mol. The van der Waals surface area contributed by atoms with Crippen molar-refractivity contribution in [2.75, 3.05) is 11.9 Å². The van der Waals surface area contributed by atoms with Gasteiger partial charge in [0, 0.05) is 6.54 Å². The Bertz CT molecular complexity index is 424. The van der Waals surface area contributed by atoms with Crippen LogP contribution in [0.1, 0.15) is 32.1 Å². The van der Waals surface area contributed by atoms with Gasteiger partial charge in [-0.25, -0.2) is 9.89 Å². The molecule has 0 unspecified atom stereocenters. The van der Waals surface area contributed by atoms with Crippen LogP contribution in [0.25, 0.3) is 0 Å². The number of hydrogen-bond donors (Lipinski definition) is 2. The minimum absolute atomic E-state index is 0.415. The van der Waals surface area contributed by atoms with Gasteiger partial charge in [0.25, 0.3) is 0 Å². The van der Waals surface area contributed by atoms with Crippen LogP contribution in [0.5, 0.6) is 0 Å². The van der Waals surface area contributed by atoms with Gasteiger partial charge in [0.2, 0.25) is 0 Å². The first-order chi connectivity index (χ1) is 7.84. The van der Waals surface area contributed by atoms with E-state index in [0.29, 0.717) is 5.82 Å². The summed E-state index contributed by atoms with van der Waals surface area (Å²) in [5, 5.41) is 9.01.